The number of rotatable bonds is 5. The lowest BCUT2D eigenvalue weighted by molar-refractivity contribution is -0.159. The maximum Gasteiger partial charge on any atom is 0.471 e. The number of carbonyl (C=O) groups is 1. The molecule has 4 rings (SSSR count). The highest BCUT2D eigenvalue weighted by molar-refractivity contribution is 5.85. The van der Waals surface area contributed by atoms with E-state index in [1.807, 2.05) is 12.1 Å². The molecule has 0 radical (unpaired) electrons. The number of amides is 1. The van der Waals surface area contributed by atoms with Gasteiger partial charge in [0.05, 0.1) is 11.4 Å². The van der Waals surface area contributed by atoms with Crippen molar-refractivity contribution < 1.29 is 27.2 Å². The molecule has 1 aliphatic rings. The van der Waals surface area contributed by atoms with Crippen molar-refractivity contribution in [2.75, 3.05) is 23.3 Å². The van der Waals surface area contributed by atoms with Crippen molar-refractivity contribution >= 4 is 17.6 Å². The molecule has 3 aromatic heterocycles. The molecular weight excluding hydrogens is 429 g/mol. The number of hydrogen-bond acceptors (Lipinski definition) is 8. The largest absolute Gasteiger partial charge is 0.471 e. The average Bonchev–Trinajstić information content (AvgIpc) is 3.46. The number of carbonyl (C=O) groups excluding carboxylic acids is 1. The molecule has 12 heteroatoms. The highest BCUT2D eigenvalue weighted by Gasteiger charge is 2.38. The molecule has 0 atom stereocenters. The van der Waals surface area contributed by atoms with Gasteiger partial charge in [0.15, 0.2) is 0 Å². The lowest BCUT2D eigenvalue weighted by Gasteiger charge is -2.16. The third-order valence-corrected chi connectivity index (χ3v) is 4.83. The molecule has 9 nitrogen and oxygen atoms in total. The molecule has 168 valence electrons. The van der Waals surface area contributed by atoms with Gasteiger partial charge >= 0.3 is 18.2 Å². The number of pyridine rings is 2. The van der Waals surface area contributed by atoms with Crippen LogP contribution in [0.3, 0.4) is 0 Å². The van der Waals surface area contributed by atoms with Gasteiger partial charge < -0.3 is 14.2 Å². The van der Waals surface area contributed by atoms with Crippen LogP contribution in [0.25, 0.3) is 11.5 Å². The maximum atomic E-state index is 12.6. The van der Waals surface area contributed by atoms with Gasteiger partial charge in [-0.1, -0.05) is 11.2 Å². The summed E-state index contributed by atoms with van der Waals surface area (Å²) in [4.78, 5) is 26.2. The van der Waals surface area contributed by atoms with Gasteiger partial charge in [-0.05, 0) is 38.0 Å². The second-order valence-electron chi connectivity index (χ2n) is 7.17. The van der Waals surface area contributed by atoms with Gasteiger partial charge in [0, 0.05) is 24.8 Å². The lowest BCUT2D eigenvalue weighted by Crippen LogP contribution is -2.19. The van der Waals surface area contributed by atoms with E-state index >= 15 is 0 Å². The van der Waals surface area contributed by atoms with E-state index in [1.165, 1.54) is 12.1 Å². The zero-order chi connectivity index (χ0) is 22.7. The van der Waals surface area contributed by atoms with E-state index in [0.29, 0.717) is 11.4 Å². The third-order valence-electron chi connectivity index (χ3n) is 4.83. The summed E-state index contributed by atoms with van der Waals surface area (Å²) >= 11 is 0. The summed E-state index contributed by atoms with van der Waals surface area (Å²) in [6.07, 6.45) is -1.46. The third kappa shape index (κ3) is 4.95. The number of halogens is 3. The quantitative estimate of drug-likeness (QED) is 0.619. The van der Waals surface area contributed by atoms with Gasteiger partial charge in [-0.3, -0.25) is 5.32 Å². The van der Waals surface area contributed by atoms with Crippen LogP contribution in [0.4, 0.5) is 29.5 Å². The fourth-order valence-electron chi connectivity index (χ4n) is 3.19. The van der Waals surface area contributed by atoms with Crippen LogP contribution in [0.15, 0.2) is 35.0 Å². The Balaban J connectivity index is 1.33. The standard InChI is InChI=1S/C20H19F3N6O3/c1-12-14(5-6-15(25-12)17-27-18(32-28-17)20(21,22)23)26-19(30)31-11-13-4-7-16(24-10-13)29-8-2-3-9-29/h4-7,10H,2-3,8-9,11H2,1H3,(H,26,30). The van der Waals surface area contributed by atoms with Gasteiger partial charge in [0.1, 0.15) is 18.1 Å². The summed E-state index contributed by atoms with van der Waals surface area (Å²) in [5.74, 6) is -0.860. The van der Waals surface area contributed by atoms with Gasteiger partial charge in [-0.15, -0.1) is 0 Å². The van der Waals surface area contributed by atoms with Crippen LogP contribution in [-0.4, -0.2) is 39.3 Å². The second kappa shape index (κ2) is 8.81. The Bertz CT molecular complexity index is 1090. The van der Waals surface area contributed by atoms with Crippen LogP contribution in [0.1, 0.15) is 30.0 Å². The van der Waals surface area contributed by atoms with E-state index in [2.05, 4.69) is 34.8 Å². The molecule has 1 amide bonds. The molecule has 0 spiro atoms. The molecule has 4 heterocycles. The number of alkyl halides is 3. The molecule has 1 fully saturated rings. The van der Waals surface area contributed by atoms with Crippen LogP contribution >= 0.6 is 0 Å². The van der Waals surface area contributed by atoms with E-state index < -0.39 is 18.2 Å². The Kier molecular flexibility index (Phi) is 5.93. The normalized spacial score (nSPS) is 13.9. The maximum absolute atomic E-state index is 12.6. The molecule has 0 bridgehead atoms. The Labute approximate surface area is 180 Å². The number of aryl methyl sites for hydroxylation is 1. The number of nitrogens with one attached hydrogen (secondary N) is 1. The van der Waals surface area contributed by atoms with Gasteiger partial charge in [-0.25, -0.2) is 14.8 Å². The van der Waals surface area contributed by atoms with Crippen molar-refractivity contribution in [1.29, 1.82) is 0 Å². The molecule has 0 aliphatic carbocycles. The summed E-state index contributed by atoms with van der Waals surface area (Å²) < 4.78 is 47.2. The first-order valence-electron chi connectivity index (χ1n) is 9.82. The molecule has 0 aromatic carbocycles. The Morgan fingerprint density at radius 3 is 2.59 bits per heavy atom. The number of hydrogen-bond donors (Lipinski definition) is 1. The highest BCUT2D eigenvalue weighted by Crippen LogP contribution is 2.29. The smallest absolute Gasteiger partial charge is 0.444 e. The van der Waals surface area contributed by atoms with E-state index in [-0.39, 0.29) is 18.1 Å². The fourth-order valence-corrected chi connectivity index (χ4v) is 3.19. The number of ether oxygens (including phenoxy) is 1. The lowest BCUT2D eigenvalue weighted by atomic mass is 10.2. The van der Waals surface area contributed by atoms with Crippen LogP contribution < -0.4 is 10.2 Å². The molecule has 1 aliphatic heterocycles. The number of aromatic nitrogens is 4. The minimum atomic E-state index is -4.74. The first-order valence-corrected chi connectivity index (χ1v) is 9.82. The van der Waals surface area contributed by atoms with Gasteiger partial charge in [0.25, 0.3) is 0 Å². The zero-order valence-electron chi connectivity index (χ0n) is 17.0. The summed E-state index contributed by atoms with van der Waals surface area (Å²) in [6.45, 7) is 3.60. The van der Waals surface area contributed by atoms with Crippen LogP contribution in [0, 0.1) is 6.92 Å². The van der Waals surface area contributed by atoms with Gasteiger partial charge in [0.2, 0.25) is 5.82 Å². The van der Waals surface area contributed by atoms with Crippen LogP contribution in [0.5, 0.6) is 0 Å². The van der Waals surface area contributed by atoms with Gasteiger partial charge in [-0.2, -0.15) is 18.2 Å². The van der Waals surface area contributed by atoms with Crippen molar-refractivity contribution in [3.8, 4) is 11.5 Å². The van der Waals surface area contributed by atoms with E-state index in [0.717, 1.165) is 37.3 Å². The van der Waals surface area contributed by atoms with Crippen molar-refractivity contribution in [3.63, 3.8) is 0 Å². The highest BCUT2D eigenvalue weighted by atomic mass is 19.4. The van der Waals surface area contributed by atoms with E-state index in [4.69, 9.17) is 4.74 Å². The topological polar surface area (TPSA) is 106 Å². The predicted octanol–water partition coefficient (Wildman–Crippen LogP) is 4.20. The number of nitrogens with zero attached hydrogens (tertiary/aromatic N) is 5. The number of anilines is 2. The minimum Gasteiger partial charge on any atom is -0.444 e. The van der Waals surface area contributed by atoms with Crippen molar-refractivity contribution in [2.45, 2.75) is 32.5 Å². The Morgan fingerprint density at radius 2 is 1.97 bits per heavy atom. The SMILES string of the molecule is Cc1nc(-c2noc(C(F)(F)F)n2)ccc1NC(=O)OCc1ccc(N2CCCC2)nc1. The average molecular weight is 448 g/mol. The molecule has 0 unspecified atom stereocenters. The monoisotopic (exact) mass is 448 g/mol. The first kappa shape index (κ1) is 21.5. The van der Waals surface area contributed by atoms with E-state index in [1.54, 1.807) is 13.1 Å². The molecule has 1 N–H and O–H groups in total. The van der Waals surface area contributed by atoms with Crippen molar-refractivity contribution in [1.82, 2.24) is 20.1 Å². The van der Waals surface area contributed by atoms with Crippen LogP contribution in [0.2, 0.25) is 0 Å². The molecule has 0 saturated carbocycles. The summed E-state index contributed by atoms with van der Waals surface area (Å²) in [6, 6.07) is 6.59. The molecule has 32 heavy (non-hydrogen) atoms. The fraction of sp³-hybridized carbons (Fsp3) is 0.350. The zero-order valence-corrected chi connectivity index (χ0v) is 17.0. The van der Waals surface area contributed by atoms with Crippen molar-refractivity contribution in [3.05, 3.63) is 47.6 Å². The molecule has 3 aromatic rings. The summed E-state index contributed by atoms with van der Waals surface area (Å²) in [7, 11) is 0. The predicted molar refractivity (Wildman–Crippen MR) is 107 cm³/mol. The van der Waals surface area contributed by atoms with E-state index in [9.17, 15) is 18.0 Å². The Hall–Kier alpha value is -3.70. The van der Waals surface area contributed by atoms with Crippen LogP contribution in [-0.2, 0) is 17.5 Å². The molecular formula is C20H19F3N6O3. The second-order valence-corrected chi connectivity index (χ2v) is 7.17. The molecule has 1 saturated heterocycles. The Morgan fingerprint density at radius 1 is 1.19 bits per heavy atom. The minimum absolute atomic E-state index is 0.0345. The van der Waals surface area contributed by atoms with Crippen molar-refractivity contribution in [2.24, 2.45) is 0 Å². The first-order chi connectivity index (χ1) is 15.3. The summed E-state index contributed by atoms with van der Waals surface area (Å²) in [5.41, 5.74) is 1.49. The summed E-state index contributed by atoms with van der Waals surface area (Å²) in [5, 5.41) is 5.84.